The molecule has 1 fully saturated rings. The van der Waals surface area contributed by atoms with Crippen LogP contribution in [-0.4, -0.2) is 19.5 Å². The van der Waals surface area contributed by atoms with E-state index in [1.807, 2.05) is 29.1 Å². The molecule has 1 aliphatic carbocycles. The number of aromatic nitrogens is 4. The Kier molecular flexibility index (Phi) is 2.20. The molecule has 0 radical (unpaired) electrons. The number of nitrogens with two attached hydrogens (primary N) is 2. The number of nitrogen functional groups attached to an aromatic ring is 2. The van der Waals surface area contributed by atoms with E-state index in [9.17, 15) is 0 Å². The lowest BCUT2D eigenvalue weighted by Gasteiger charge is -2.11. The van der Waals surface area contributed by atoms with Gasteiger partial charge in [-0.3, -0.25) is 4.98 Å². The number of fused-ring (bicyclic) bond motifs is 1. The van der Waals surface area contributed by atoms with Gasteiger partial charge in [-0.15, -0.1) is 0 Å². The molecule has 6 heteroatoms. The van der Waals surface area contributed by atoms with Gasteiger partial charge in [0.25, 0.3) is 0 Å². The summed E-state index contributed by atoms with van der Waals surface area (Å²) < 4.78 is 1.94. The number of nitrogens with zero attached hydrogens (tertiary/aromatic N) is 4. The fourth-order valence-corrected chi connectivity index (χ4v) is 2.54. The predicted octanol–water partition coefficient (Wildman–Crippen LogP) is 1.86. The van der Waals surface area contributed by atoms with E-state index in [-0.39, 0.29) is 5.95 Å². The van der Waals surface area contributed by atoms with Gasteiger partial charge < -0.3 is 16.0 Å². The van der Waals surface area contributed by atoms with Gasteiger partial charge in [-0.05, 0) is 30.9 Å². The second kappa shape index (κ2) is 3.93. The molecule has 3 aromatic heterocycles. The molecule has 0 amide bonds. The molecule has 6 nitrogen and oxygen atoms in total. The standard InChI is InChI=1S/C14H14N6/c15-12-11(8-3-4-8)13(19-14(16)18-12)20-6-9-2-1-5-17-10(9)7-20/h1-2,5-8H,3-4H2,(H4,15,16,18,19). The molecule has 0 atom stereocenters. The van der Waals surface area contributed by atoms with E-state index >= 15 is 0 Å². The molecule has 0 saturated heterocycles. The molecular weight excluding hydrogens is 252 g/mol. The first kappa shape index (κ1) is 11.2. The van der Waals surface area contributed by atoms with Gasteiger partial charge in [-0.2, -0.15) is 9.97 Å². The van der Waals surface area contributed by atoms with Gasteiger partial charge in [-0.25, -0.2) is 0 Å². The summed E-state index contributed by atoms with van der Waals surface area (Å²) in [5.41, 5.74) is 13.7. The van der Waals surface area contributed by atoms with Crippen molar-refractivity contribution in [3.63, 3.8) is 0 Å². The van der Waals surface area contributed by atoms with E-state index < -0.39 is 0 Å². The summed E-state index contributed by atoms with van der Waals surface area (Å²) >= 11 is 0. The lowest BCUT2D eigenvalue weighted by Crippen LogP contribution is -2.09. The van der Waals surface area contributed by atoms with Crippen molar-refractivity contribution in [2.24, 2.45) is 0 Å². The number of hydrogen-bond donors (Lipinski definition) is 2. The van der Waals surface area contributed by atoms with Crippen LogP contribution in [0.2, 0.25) is 0 Å². The molecule has 4 rings (SSSR count). The van der Waals surface area contributed by atoms with E-state index in [4.69, 9.17) is 11.5 Å². The maximum Gasteiger partial charge on any atom is 0.223 e. The van der Waals surface area contributed by atoms with Crippen molar-refractivity contribution in [1.82, 2.24) is 19.5 Å². The van der Waals surface area contributed by atoms with Gasteiger partial charge in [0, 0.05) is 29.5 Å². The van der Waals surface area contributed by atoms with E-state index in [1.54, 1.807) is 6.20 Å². The van der Waals surface area contributed by atoms with Gasteiger partial charge in [0.1, 0.15) is 11.6 Å². The minimum Gasteiger partial charge on any atom is -0.383 e. The van der Waals surface area contributed by atoms with Gasteiger partial charge >= 0.3 is 0 Å². The van der Waals surface area contributed by atoms with E-state index in [0.29, 0.717) is 11.7 Å². The number of hydrogen-bond acceptors (Lipinski definition) is 5. The topological polar surface area (TPSA) is 95.6 Å². The minimum atomic E-state index is 0.201. The molecule has 4 N–H and O–H groups in total. The largest absolute Gasteiger partial charge is 0.383 e. The van der Waals surface area contributed by atoms with Crippen molar-refractivity contribution in [2.45, 2.75) is 18.8 Å². The van der Waals surface area contributed by atoms with Crippen molar-refractivity contribution in [2.75, 3.05) is 11.5 Å². The molecule has 0 spiro atoms. The third-order valence-electron chi connectivity index (χ3n) is 3.61. The molecule has 20 heavy (non-hydrogen) atoms. The maximum atomic E-state index is 6.03. The third-order valence-corrected chi connectivity index (χ3v) is 3.61. The van der Waals surface area contributed by atoms with Gasteiger partial charge in [-0.1, -0.05) is 0 Å². The van der Waals surface area contributed by atoms with Crippen LogP contribution in [0.1, 0.15) is 24.3 Å². The summed E-state index contributed by atoms with van der Waals surface area (Å²) in [6.45, 7) is 0. The first-order valence-electron chi connectivity index (χ1n) is 6.58. The fourth-order valence-electron chi connectivity index (χ4n) is 2.54. The number of rotatable bonds is 2. The van der Waals surface area contributed by atoms with Crippen LogP contribution >= 0.6 is 0 Å². The third kappa shape index (κ3) is 1.69. The molecule has 0 aliphatic heterocycles. The average Bonchev–Trinajstić information content (AvgIpc) is 3.15. The Morgan fingerprint density at radius 3 is 2.75 bits per heavy atom. The molecule has 0 bridgehead atoms. The van der Waals surface area contributed by atoms with Crippen LogP contribution < -0.4 is 11.5 Å². The molecule has 1 saturated carbocycles. The van der Waals surface area contributed by atoms with Crippen LogP contribution in [0.4, 0.5) is 11.8 Å². The summed E-state index contributed by atoms with van der Waals surface area (Å²) in [5.74, 6) is 1.91. The Bertz CT molecular complexity index is 770. The zero-order valence-electron chi connectivity index (χ0n) is 10.8. The molecule has 3 aromatic rings. The maximum absolute atomic E-state index is 6.03. The molecule has 0 unspecified atom stereocenters. The van der Waals surface area contributed by atoms with Crippen LogP contribution in [0.3, 0.4) is 0 Å². The Balaban J connectivity index is 1.96. The van der Waals surface area contributed by atoms with Crippen molar-refractivity contribution in [3.8, 4) is 5.82 Å². The number of pyridine rings is 1. The Hall–Kier alpha value is -2.63. The predicted molar refractivity (Wildman–Crippen MR) is 77.5 cm³/mol. The lowest BCUT2D eigenvalue weighted by atomic mass is 10.2. The highest BCUT2D eigenvalue weighted by Crippen LogP contribution is 2.44. The Labute approximate surface area is 115 Å². The highest BCUT2D eigenvalue weighted by Gasteiger charge is 2.30. The molecule has 0 aromatic carbocycles. The smallest absolute Gasteiger partial charge is 0.223 e. The van der Waals surface area contributed by atoms with Crippen molar-refractivity contribution in [3.05, 3.63) is 36.3 Å². The molecular formula is C14H14N6. The summed E-state index contributed by atoms with van der Waals surface area (Å²) in [7, 11) is 0. The summed E-state index contributed by atoms with van der Waals surface area (Å²) in [6.07, 6.45) is 7.97. The quantitative estimate of drug-likeness (QED) is 0.738. The Morgan fingerprint density at radius 2 is 2.00 bits per heavy atom. The summed E-state index contributed by atoms with van der Waals surface area (Å²) in [4.78, 5) is 12.8. The first-order valence-corrected chi connectivity index (χ1v) is 6.58. The monoisotopic (exact) mass is 266 g/mol. The number of anilines is 2. The van der Waals surface area contributed by atoms with Crippen LogP contribution in [0.5, 0.6) is 0 Å². The van der Waals surface area contributed by atoms with Crippen LogP contribution in [-0.2, 0) is 0 Å². The summed E-state index contributed by atoms with van der Waals surface area (Å²) in [6, 6.07) is 3.93. The average molecular weight is 266 g/mol. The normalized spacial score (nSPS) is 14.8. The van der Waals surface area contributed by atoms with Crippen LogP contribution in [0.15, 0.2) is 30.7 Å². The van der Waals surface area contributed by atoms with Gasteiger partial charge in [0.15, 0.2) is 0 Å². The first-order chi connectivity index (χ1) is 9.72. The van der Waals surface area contributed by atoms with Crippen LogP contribution in [0.25, 0.3) is 16.7 Å². The lowest BCUT2D eigenvalue weighted by molar-refractivity contribution is 0.938. The van der Waals surface area contributed by atoms with Crippen molar-refractivity contribution < 1.29 is 0 Å². The summed E-state index contributed by atoms with van der Waals surface area (Å²) in [5, 5.41) is 1.06. The van der Waals surface area contributed by atoms with E-state index in [1.165, 1.54) is 0 Å². The zero-order valence-corrected chi connectivity index (χ0v) is 10.8. The second-order valence-corrected chi connectivity index (χ2v) is 5.12. The highest BCUT2D eigenvalue weighted by molar-refractivity contribution is 5.79. The van der Waals surface area contributed by atoms with Crippen molar-refractivity contribution in [1.29, 1.82) is 0 Å². The van der Waals surface area contributed by atoms with E-state index in [2.05, 4.69) is 15.0 Å². The SMILES string of the molecule is Nc1nc(N)c(C2CC2)c(-n2cc3cccnc3c2)n1. The fraction of sp³-hybridized carbons (Fsp3) is 0.214. The van der Waals surface area contributed by atoms with E-state index in [0.717, 1.165) is 35.1 Å². The molecule has 3 heterocycles. The van der Waals surface area contributed by atoms with Gasteiger partial charge in [0.2, 0.25) is 5.95 Å². The van der Waals surface area contributed by atoms with Gasteiger partial charge in [0.05, 0.1) is 5.52 Å². The van der Waals surface area contributed by atoms with Crippen molar-refractivity contribution >= 4 is 22.7 Å². The van der Waals surface area contributed by atoms with Crippen LogP contribution in [0, 0.1) is 0 Å². The highest BCUT2D eigenvalue weighted by atomic mass is 15.1. The minimum absolute atomic E-state index is 0.201. The molecule has 100 valence electrons. The molecule has 1 aliphatic rings. The Morgan fingerprint density at radius 1 is 1.15 bits per heavy atom. The second-order valence-electron chi connectivity index (χ2n) is 5.12. The zero-order chi connectivity index (χ0) is 13.7.